The van der Waals surface area contributed by atoms with Crippen LogP contribution in [0.5, 0.6) is 11.5 Å². The van der Waals surface area contributed by atoms with Crippen molar-refractivity contribution in [2.24, 2.45) is 0 Å². The fourth-order valence-corrected chi connectivity index (χ4v) is 4.27. The molecule has 1 N–H and O–H groups in total. The van der Waals surface area contributed by atoms with Crippen LogP contribution < -0.4 is 14.8 Å². The average molecular weight is 438 g/mol. The second-order valence-electron chi connectivity index (χ2n) is 8.20. The highest BCUT2D eigenvalue weighted by atomic mass is 16.6. The molecule has 0 aliphatic carbocycles. The number of ether oxygens (including phenoxy) is 2. The van der Waals surface area contributed by atoms with Crippen LogP contribution in [0.15, 0.2) is 28.7 Å². The van der Waals surface area contributed by atoms with Gasteiger partial charge in [-0.2, -0.15) is 0 Å². The summed E-state index contributed by atoms with van der Waals surface area (Å²) in [6, 6.07) is 7.91. The van der Waals surface area contributed by atoms with Crippen LogP contribution in [-0.2, 0) is 26.1 Å². The summed E-state index contributed by atoms with van der Waals surface area (Å²) in [5.41, 5.74) is 1.76. The van der Waals surface area contributed by atoms with E-state index in [0.717, 1.165) is 61.5 Å². The molecule has 0 spiro atoms. The zero-order chi connectivity index (χ0) is 22.1. The Balaban J connectivity index is 1.21. The van der Waals surface area contributed by atoms with Crippen molar-refractivity contribution in [3.63, 3.8) is 0 Å². The summed E-state index contributed by atoms with van der Waals surface area (Å²) in [5.74, 6) is 4.54. The number of carbonyl (C=O) groups is 1. The summed E-state index contributed by atoms with van der Waals surface area (Å²) in [7, 11) is 0. The minimum absolute atomic E-state index is 0.162. The third-order valence-electron chi connectivity index (χ3n) is 5.90. The molecule has 0 saturated heterocycles. The molecular weight excluding hydrogens is 410 g/mol. The lowest BCUT2D eigenvalue weighted by Gasteiger charge is -2.22. The Labute approximate surface area is 186 Å². The van der Waals surface area contributed by atoms with Gasteiger partial charge in [-0.1, -0.05) is 6.07 Å². The average Bonchev–Trinajstić information content (AvgIpc) is 3.28. The number of benzene rings is 1. The molecule has 32 heavy (non-hydrogen) atoms. The molecule has 0 saturated carbocycles. The zero-order valence-corrected chi connectivity index (χ0v) is 18.4. The van der Waals surface area contributed by atoms with E-state index < -0.39 is 0 Å². The molecule has 0 atom stereocenters. The van der Waals surface area contributed by atoms with Gasteiger partial charge in [0.15, 0.2) is 17.3 Å². The van der Waals surface area contributed by atoms with Gasteiger partial charge < -0.3 is 23.8 Å². The van der Waals surface area contributed by atoms with Crippen molar-refractivity contribution in [1.29, 1.82) is 0 Å². The number of amides is 1. The minimum atomic E-state index is -0.162. The maximum atomic E-state index is 12.5. The molecule has 2 aromatic heterocycles. The molecular formula is C23H27N5O4. The second-order valence-corrected chi connectivity index (χ2v) is 8.20. The SMILES string of the molecule is Cc1cc(C(=O)NCc2nnc3n2CCN(Cc2ccc4c(c2)OCCO4)CC3)c(C)o1. The largest absolute Gasteiger partial charge is 0.486 e. The van der Waals surface area contributed by atoms with E-state index in [9.17, 15) is 4.79 Å². The van der Waals surface area contributed by atoms with Gasteiger partial charge >= 0.3 is 0 Å². The Bertz CT molecular complexity index is 1140. The predicted molar refractivity (Wildman–Crippen MR) is 116 cm³/mol. The molecule has 3 aromatic rings. The Kier molecular flexibility index (Phi) is 5.57. The topological polar surface area (TPSA) is 94.7 Å². The Morgan fingerprint density at radius 2 is 1.91 bits per heavy atom. The van der Waals surface area contributed by atoms with E-state index in [2.05, 4.69) is 37.1 Å². The standard InChI is InChI=1S/C23H27N5O4/c1-15-11-18(16(2)32-15)23(29)24-13-22-26-25-21-5-6-27(7-8-28(21)22)14-17-3-4-19-20(12-17)31-10-9-30-19/h3-4,11-12H,5-10,13-14H2,1-2H3,(H,24,29). The van der Waals surface area contributed by atoms with Crippen LogP contribution in [0.2, 0.25) is 0 Å². The van der Waals surface area contributed by atoms with Crippen molar-refractivity contribution < 1.29 is 18.7 Å². The smallest absolute Gasteiger partial charge is 0.255 e. The van der Waals surface area contributed by atoms with E-state index in [4.69, 9.17) is 13.9 Å². The summed E-state index contributed by atoms with van der Waals surface area (Å²) in [4.78, 5) is 14.9. The van der Waals surface area contributed by atoms with Gasteiger partial charge in [0.2, 0.25) is 0 Å². The molecule has 4 heterocycles. The summed E-state index contributed by atoms with van der Waals surface area (Å²) < 4.78 is 18.9. The molecule has 168 valence electrons. The summed E-state index contributed by atoms with van der Waals surface area (Å²) in [6.07, 6.45) is 0.811. The number of furan rings is 1. The van der Waals surface area contributed by atoms with E-state index >= 15 is 0 Å². The van der Waals surface area contributed by atoms with Gasteiger partial charge in [0, 0.05) is 32.6 Å². The van der Waals surface area contributed by atoms with Crippen molar-refractivity contribution >= 4 is 5.91 Å². The first-order chi connectivity index (χ1) is 15.6. The molecule has 0 bridgehead atoms. The number of nitrogens with one attached hydrogen (secondary N) is 1. The van der Waals surface area contributed by atoms with E-state index in [-0.39, 0.29) is 5.91 Å². The lowest BCUT2D eigenvalue weighted by Crippen LogP contribution is -2.28. The van der Waals surface area contributed by atoms with Gasteiger partial charge in [0.25, 0.3) is 5.91 Å². The predicted octanol–water partition coefficient (Wildman–Crippen LogP) is 2.25. The van der Waals surface area contributed by atoms with Gasteiger partial charge in [-0.3, -0.25) is 9.69 Å². The Morgan fingerprint density at radius 3 is 2.72 bits per heavy atom. The number of hydrogen-bond acceptors (Lipinski definition) is 7. The van der Waals surface area contributed by atoms with Gasteiger partial charge in [-0.25, -0.2) is 0 Å². The first kappa shape index (κ1) is 20.6. The van der Waals surface area contributed by atoms with Crippen molar-refractivity contribution in [2.45, 2.75) is 39.9 Å². The van der Waals surface area contributed by atoms with Crippen molar-refractivity contribution in [2.75, 3.05) is 26.3 Å². The van der Waals surface area contributed by atoms with Gasteiger partial charge in [0.1, 0.15) is 30.6 Å². The number of hydrogen-bond donors (Lipinski definition) is 1. The van der Waals surface area contributed by atoms with Gasteiger partial charge in [-0.05, 0) is 37.6 Å². The lowest BCUT2D eigenvalue weighted by molar-refractivity contribution is 0.0948. The van der Waals surface area contributed by atoms with Crippen LogP contribution in [-0.4, -0.2) is 51.9 Å². The molecule has 2 aliphatic rings. The summed E-state index contributed by atoms with van der Waals surface area (Å²) >= 11 is 0. The Morgan fingerprint density at radius 1 is 1.06 bits per heavy atom. The van der Waals surface area contributed by atoms with E-state index in [1.165, 1.54) is 5.56 Å². The summed E-state index contributed by atoms with van der Waals surface area (Å²) in [5, 5.41) is 11.6. The molecule has 9 heteroatoms. The molecule has 1 amide bonds. The van der Waals surface area contributed by atoms with Crippen LogP contribution in [0.4, 0.5) is 0 Å². The zero-order valence-electron chi connectivity index (χ0n) is 18.4. The Hall–Kier alpha value is -3.33. The van der Waals surface area contributed by atoms with Crippen LogP contribution in [0.1, 0.15) is 39.1 Å². The first-order valence-corrected chi connectivity index (χ1v) is 10.9. The molecule has 0 fully saturated rings. The third-order valence-corrected chi connectivity index (χ3v) is 5.90. The van der Waals surface area contributed by atoms with E-state index in [1.807, 2.05) is 13.0 Å². The molecule has 5 rings (SSSR count). The highest BCUT2D eigenvalue weighted by Crippen LogP contribution is 2.31. The monoisotopic (exact) mass is 437 g/mol. The molecule has 0 unspecified atom stereocenters. The molecule has 1 aromatic carbocycles. The quantitative estimate of drug-likeness (QED) is 0.654. The normalized spacial score (nSPS) is 15.8. The van der Waals surface area contributed by atoms with E-state index in [1.54, 1.807) is 13.0 Å². The maximum Gasteiger partial charge on any atom is 0.255 e. The van der Waals surface area contributed by atoms with Gasteiger partial charge in [-0.15, -0.1) is 10.2 Å². The first-order valence-electron chi connectivity index (χ1n) is 10.9. The number of nitrogens with zero attached hydrogens (tertiary/aromatic N) is 4. The molecule has 0 radical (unpaired) electrons. The van der Waals surface area contributed by atoms with Crippen LogP contribution in [0.25, 0.3) is 0 Å². The van der Waals surface area contributed by atoms with Crippen LogP contribution >= 0.6 is 0 Å². The van der Waals surface area contributed by atoms with Crippen LogP contribution in [0.3, 0.4) is 0 Å². The lowest BCUT2D eigenvalue weighted by atomic mass is 10.1. The molecule has 9 nitrogen and oxygen atoms in total. The van der Waals surface area contributed by atoms with Gasteiger partial charge in [0.05, 0.1) is 12.1 Å². The highest BCUT2D eigenvalue weighted by Gasteiger charge is 2.21. The summed E-state index contributed by atoms with van der Waals surface area (Å²) in [6.45, 7) is 8.53. The number of fused-ring (bicyclic) bond motifs is 2. The van der Waals surface area contributed by atoms with Crippen molar-refractivity contribution in [3.05, 3.63) is 58.6 Å². The number of aromatic nitrogens is 3. The molecule has 2 aliphatic heterocycles. The number of rotatable bonds is 5. The van der Waals surface area contributed by atoms with Crippen molar-refractivity contribution in [3.8, 4) is 11.5 Å². The second kappa shape index (κ2) is 8.66. The third kappa shape index (κ3) is 4.20. The minimum Gasteiger partial charge on any atom is -0.486 e. The number of carbonyl (C=O) groups excluding carboxylic acids is 1. The van der Waals surface area contributed by atoms with Crippen molar-refractivity contribution in [1.82, 2.24) is 25.0 Å². The van der Waals surface area contributed by atoms with Crippen LogP contribution in [0, 0.1) is 13.8 Å². The fourth-order valence-electron chi connectivity index (χ4n) is 4.27. The fraction of sp³-hybridized carbons (Fsp3) is 0.435. The maximum absolute atomic E-state index is 12.5. The highest BCUT2D eigenvalue weighted by molar-refractivity contribution is 5.95. The number of aryl methyl sites for hydroxylation is 2. The van der Waals surface area contributed by atoms with E-state index in [0.29, 0.717) is 31.1 Å².